The smallest absolute Gasteiger partial charge is 0.293 e. The minimum atomic E-state index is -0.870. The Bertz CT molecular complexity index is 1260. The summed E-state index contributed by atoms with van der Waals surface area (Å²) >= 11 is 0. The van der Waals surface area contributed by atoms with Crippen LogP contribution < -0.4 is 21.3 Å². The summed E-state index contributed by atoms with van der Waals surface area (Å²) in [7, 11) is 0. The highest BCUT2D eigenvalue weighted by atomic mass is 16.6. The number of nitrogens with zero attached hydrogens (tertiary/aromatic N) is 1. The molecule has 0 fully saturated rings. The van der Waals surface area contributed by atoms with Crippen molar-refractivity contribution in [2.45, 2.75) is 45.4 Å². The molecule has 17 heteroatoms. The zero-order valence-electron chi connectivity index (χ0n) is 27.7. The predicted molar refractivity (Wildman–Crippen MR) is 173 cm³/mol. The summed E-state index contributed by atoms with van der Waals surface area (Å²) in [6, 6.07) is 4.94. The Hall–Kier alpha value is -4.71. The molecule has 270 valence electrons. The van der Waals surface area contributed by atoms with E-state index in [0.717, 1.165) is 10.5 Å². The van der Waals surface area contributed by atoms with Crippen molar-refractivity contribution in [3.8, 4) is 0 Å². The summed E-state index contributed by atoms with van der Waals surface area (Å²) < 4.78 is 26.2. The molecule has 2 atom stereocenters. The van der Waals surface area contributed by atoms with E-state index in [1.54, 1.807) is 24.3 Å². The van der Waals surface area contributed by atoms with Crippen molar-refractivity contribution in [2.24, 2.45) is 0 Å². The molecule has 0 radical (unpaired) electrons. The van der Waals surface area contributed by atoms with Crippen LogP contribution in [0.3, 0.4) is 0 Å². The van der Waals surface area contributed by atoms with Crippen LogP contribution in [0.15, 0.2) is 36.4 Å². The highest BCUT2D eigenvalue weighted by Crippen LogP contribution is 2.11. The summed E-state index contributed by atoms with van der Waals surface area (Å²) in [6.07, 6.45) is 2.40. The molecule has 0 spiro atoms. The van der Waals surface area contributed by atoms with Gasteiger partial charge in [-0.3, -0.25) is 38.5 Å². The molecule has 0 aliphatic carbocycles. The van der Waals surface area contributed by atoms with Gasteiger partial charge in [0.15, 0.2) is 0 Å². The Morgan fingerprint density at radius 3 is 1.86 bits per heavy atom. The van der Waals surface area contributed by atoms with Crippen LogP contribution in [0.1, 0.15) is 32.3 Å². The van der Waals surface area contributed by atoms with E-state index in [1.165, 1.54) is 26.0 Å². The van der Waals surface area contributed by atoms with Gasteiger partial charge < -0.3 is 45.0 Å². The van der Waals surface area contributed by atoms with E-state index >= 15 is 0 Å². The number of carbonyl (C=O) groups is 7. The van der Waals surface area contributed by atoms with Crippen LogP contribution >= 0.6 is 0 Å². The van der Waals surface area contributed by atoms with E-state index in [2.05, 4.69) is 26.0 Å². The fourth-order valence-electron chi connectivity index (χ4n) is 3.99. The lowest BCUT2D eigenvalue weighted by atomic mass is 10.2. The van der Waals surface area contributed by atoms with E-state index in [-0.39, 0.29) is 64.2 Å². The van der Waals surface area contributed by atoms with Gasteiger partial charge >= 0.3 is 0 Å². The topological polar surface area (TPSA) is 217 Å². The van der Waals surface area contributed by atoms with Crippen LogP contribution in [0, 0.1) is 0 Å². The van der Waals surface area contributed by atoms with Gasteiger partial charge in [-0.15, -0.1) is 0 Å². The fourth-order valence-corrected chi connectivity index (χ4v) is 3.99. The molecule has 2 rings (SSSR count). The predicted octanol–water partition coefficient (Wildman–Crippen LogP) is -0.805. The highest BCUT2D eigenvalue weighted by molar-refractivity contribution is 6.13. The minimum absolute atomic E-state index is 0.0217. The number of benzene rings is 1. The Kier molecular flexibility index (Phi) is 19.5. The number of nitrogens with one attached hydrogen (secondary N) is 4. The van der Waals surface area contributed by atoms with E-state index in [4.69, 9.17) is 18.9 Å². The quantitative estimate of drug-likeness (QED) is 0.0533. The second kappa shape index (κ2) is 23.6. The first kappa shape index (κ1) is 40.5. The van der Waals surface area contributed by atoms with Crippen LogP contribution in [0.5, 0.6) is 0 Å². The van der Waals surface area contributed by atoms with Crippen LogP contribution in [-0.4, -0.2) is 125 Å². The zero-order valence-corrected chi connectivity index (χ0v) is 27.7. The molecule has 6 amide bonds. The molecular formula is C32H45N5O12. The Labute approximate surface area is 284 Å². The number of hydrogen-bond donors (Lipinski definition) is 4. The van der Waals surface area contributed by atoms with Gasteiger partial charge in [0, 0.05) is 43.8 Å². The van der Waals surface area contributed by atoms with Gasteiger partial charge in [0.1, 0.15) is 18.7 Å². The number of anilines is 1. The molecule has 49 heavy (non-hydrogen) atoms. The van der Waals surface area contributed by atoms with Crippen molar-refractivity contribution in [2.75, 3.05) is 71.3 Å². The lowest BCUT2D eigenvalue weighted by molar-refractivity contribution is -0.137. The van der Waals surface area contributed by atoms with Gasteiger partial charge in [-0.05, 0) is 31.5 Å². The van der Waals surface area contributed by atoms with Crippen molar-refractivity contribution in [3.05, 3.63) is 42.0 Å². The highest BCUT2D eigenvalue weighted by Gasteiger charge is 2.23. The van der Waals surface area contributed by atoms with Crippen LogP contribution in [-0.2, 0) is 63.9 Å². The maximum Gasteiger partial charge on any atom is 0.293 e. The third kappa shape index (κ3) is 17.3. The monoisotopic (exact) mass is 691 g/mol. The first-order valence-corrected chi connectivity index (χ1v) is 15.8. The largest absolute Gasteiger partial charge is 0.463 e. The molecular weight excluding hydrogens is 646 g/mol. The molecule has 0 saturated carbocycles. The SMILES string of the molecule is CC(NC(=O)CCOCCOCCOCCOCCNC(=O)CCN1C(=O)C=CC1=O)C(=O)N[C@@H](C)C(=O)Nc1ccc(COC=O)cc1. The molecule has 4 N–H and O–H groups in total. The number of carbonyl (C=O) groups excluding carboxylic acids is 7. The van der Waals surface area contributed by atoms with Gasteiger partial charge in [0.05, 0.1) is 52.9 Å². The van der Waals surface area contributed by atoms with E-state index in [9.17, 15) is 33.6 Å². The molecule has 1 aromatic carbocycles. The fraction of sp³-hybridized carbons (Fsp3) is 0.531. The zero-order chi connectivity index (χ0) is 35.9. The summed E-state index contributed by atoms with van der Waals surface area (Å²) in [6.45, 7) is 6.16. The summed E-state index contributed by atoms with van der Waals surface area (Å²) in [4.78, 5) is 83.0. The average Bonchev–Trinajstić information content (AvgIpc) is 3.40. The van der Waals surface area contributed by atoms with Crippen LogP contribution in [0.2, 0.25) is 0 Å². The minimum Gasteiger partial charge on any atom is -0.463 e. The van der Waals surface area contributed by atoms with Gasteiger partial charge in [0.25, 0.3) is 18.3 Å². The second-order valence-corrected chi connectivity index (χ2v) is 10.6. The maximum absolute atomic E-state index is 12.4. The third-order valence-electron chi connectivity index (χ3n) is 6.68. The molecule has 1 aliphatic heterocycles. The first-order chi connectivity index (χ1) is 23.6. The molecule has 0 bridgehead atoms. The second-order valence-electron chi connectivity index (χ2n) is 10.6. The van der Waals surface area contributed by atoms with E-state index < -0.39 is 35.7 Å². The Balaban J connectivity index is 1.39. The Morgan fingerprint density at radius 2 is 1.27 bits per heavy atom. The molecule has 1 aliphatic rings. The lowest BCUT2D eigenvalue weighted by Gasteiger charge is -2.18. The van der Waals surface area contributed by atoms with Gasteiger partial charge in [-0.25, -0.2) is 0 Å². The number of hydrogen-bond acceptors (Lipinski definition) is 12. The van der Waals surface area contributed by atoms with Crippen molar-refractivity contribution >= 4 is 47.6 Å². The number of rotatable bonds is 26. The lowest BCUT2D eigenvalue weighted by Crippen LogP contribution is -2.50. The van der Waals surface area contributed by atoms with Crippen molar-refractivity contribution in [1.29, 1.82) is 0 Å². The average molecular weight is 692 g/mol. The van der Waals surface area contributed by atoms with Crippen molar-refractivity contribution in [1.82, 2.24) is 20.9 Å². The number of amides is 6. The van der Waals surface area contributed by atoms with Gasteiger partial charge in [-0.1, -0.05) is 12.1 Å². The molecule has 1 aromatic rings. The van der Waals surface area contributed by atoms with Crippen LogP contribution in [0.25, 0.3) is 0 Å². The number of imide groups is 1. The number of ether oxygens (including phenoxy) is 5. The molecule has 0 saturated heterocycles. The van der Waals surface area contributed by atoms with E-state index in [1.807, 2.05) is 0 Å². The van der Waals surface area contributed by atoms with Gasteiger partial charge in [-0.2, -0.15) is 0 Å². The van der Waals surface area contributed by atoms with E-state index in [0.29, 0.717) is 45.2 Å². The third-order valence-corrected chi connectivity index (χ3v) is 6.68. The van der Waals surface area contributed by atoms with Crippen molar-refractivity contribution < 1.29 is 57.2 Å². The van der Waals surface area contributed by atoms with Crippen LogP contribution in [0.4, 0.5) is 5.69 Å². The summed E-state index contributed by atoms with van der Waals surface area (Å²) in [5, 5.41) is 10.5. The molecule has 17 nitrogen and oxygen atoms in total. The Morgan fingerprint density at radius 1 is 0.714 bits per heavy atom. The first-order valence-electron chi connectivity index (χ1n) is 15.8. The maximum atomic E-state index is 12.4. The molecule has 1 heterocycles. The standard InChI is InChI=1S/C32H45N5O12/c1-23(31(43)35-24(2)32(44)36-26-5-3-25(4-6-26)21-49-22-38)34-28(40)10-13-45-15-17-47-19-20-48-18-16-46-14-11-33-27(39)9-12-37-29(41)7-8-30(37)42/h3-8,22-24H,9-21H2,1-2H3,(H,33,39)(H,34,40)(H,35,43)(H,36,44)/t23?,24-/m0/s1. The van der Waals surface area contributed by atoms with Gasteiger partial charge in [0.2, 0.25) is 23.6 Å². The summed E-state index contributed by atoms with van der Waals surface area (Å²) in [5.41, 5.74) is 1.26. The molecule has 0 aromatic heterocycles. The normalized spacial score (nSPS) is 13.5. The molecule has 1 unspecified atom stereocenters. The van der Waals surface area contributed by atoms with Crippen molar-refractivity contribution in [3.63, 3.8) is 0 Å². The summed E-state index contributed by atoms with van der Waals surface area (Å²) in [5.74, 6) is -2.48.